The molecule has 0 bridgehead atoms. The number of carbonyl (C=O) groups excluding carboxylic acids is 2. The normalized spacial score (nSPS) is 16.2. The second kappa shape index (κ2) is 14.2. The van der Waals surface area contributed by atoms with Crippen LogP contribution in [0, 0.1) is 28.6 Å². The number of ether oxygens (including phenoxy) is 3. The van der Waals surface area contributed by atoms with Gasteiger partial charge in [-0.15, -0.1) is 0 Å². The van der Waals surface area contributed by atoms with Gasteiger partial charge in [-0.25, -0.2) is 4.79 Å². The summed E-state index contributed by atoms with van der Waals surface area (Å²) < 4.78 is 17.4. The van der Waals surface area contributed by atoms with Gasteiger partial charge in [0.1, 0.15) is 30.3 Å². The molecule has 43 heavy (non-hydrogen) atoms. The van der Waals surface area contributed by atoms with Crippen LogP contribution in [0.4, 0.5) is 10.5 Å². The van der Waals surface area contributed by atoms with Crippen LogP contribution in [-0.2, 0) is 22.7 Å². The first-order valence-electron chi connectivity index (χ1n) is 14.3. The van der Waals surface area contributed by atoms with E-state index in [-0.39, 0.29) is 31.1 Å². The minimum atomic E-state index is -0.566. The van der Waals surface area contributed by atoms with E-state index in [9.17, 15) is 20.1 Å². The topological polar surface area (TPSA) is 133 Å². The van der Waals surface area contributed by atoms with Gasteiger partial charge >= 0.3 is 6.09 Å². The average Bonchev–Trinajstić information content (AvgIpc) is 2.98. The van der Waals surface area contributed by atoms with Crippen LogP contribution in [0.2, 0.25) is 0 Å². The number of rotatable bonds is 9. The van der Waals surface area contributed by atoms with Crippen LogP contribution in [0.1, 0.15) is 68.7 Å². The van der Waals surface area contributed by atoms with Crippen molar-refractivity contribution in [3.05, 3.63) is 89.0 Å². The first kappa shape index (κ1) is 30.9. The largest absolute Gasteiger partial charge is 0.489 e. The molecule has 0 radical (unpaired) electrons. The monoisotopic (exact) mass is 580 g/mol. The number of nitrogens with one attached hydrogen (secondary N) is 2. The Morgan fingerprint density at radius 2 is 1.35 bits per heavy atom. The van der Waals surface area contributed by atoms with Crippen LogP contribution >= 0.6 is 0 Å². The molecule has 1 aliphatic carbocycles. The van der Waals surface area contributed by atoms with E-state index in [4.69, 9.17) is 14.2 Å². The summed E-state index contributed by atoms with van der Waals surface area (Å²) in [5.41, 5.74) is 2.72. The maximum absolute atomic E-state index is 13.2. The summed E-state index contributed by atoms with van der Waals surface area (Å²) in [7, 11) is 0. The van der Waals surface area contributed by atoms with E-state index < -0.39 is 11.7 Å². The van der Waals surface area contributed by atoms with E-state index >= 15 is 0 Å². The zero-order valence-corrected chi connectivity index (χ0v) is 24.7. The number of amides is 2. The van der Waals surface area contributed by atoms with Gasteiger partial charge in [0.2, 0.25) is 5.91 Å². The number of anilines is 1. The van der Waals surface area contributed by atoms with Gasteiger partial charge < -0.3 is 24.8 Å². The number of benzene rings is 3. The standard InChI is InChI=1S/C34H36N4O5/c1-34(2,3)43-33(40)38-28-12-10-27(11-13-28)32(39)37-29-16-30(41-21-25-8-4-6-23(14-25)19-35)18-31(17-29)42-22-26-9-5-7-24(15-26)20-36/h4-9,14-18,27-28H,10-13,21-22H2,1-3H3,(H,37,39)(H,38,40). The summed E-state index contributed by atoms with van der Waals surface area (Å²) in [6.45, 7) is 5.92. The average molecular weight is 581 g/mol. The molecule has 222 valence electrons. The molecule has 1 aliphatic rings. The van der Waals surface area contributed by atoms with Crippen molar-refractivity contribution in [2.45, 2.75) is 71.3 Å². The third kappa shape index (κ3) is 9.79. The Bertz CT molecular complexity index is 1440. The lowest BCUT2D eigenvalue weighted by Gasteiger charge is -2.29. The number of nitriles is 2. The van der Waals surface area contributed by atoms with E-state index in [0.29, 0.717) is 54.0 Å². The van der Waals surface area contributed by atoms with Crippen LogP contribution in [0.25, 0.3) is 0 Å². The highest BCUT2D eigenvalue weighted by atomic mass is 16.6. The minimum absolute atomic E-state index is 0.0327. The molecule has 1 fully saturated rings. The van der Waals surface area contributed by atoms with Gasteiger partial charge in [-0.05, 0) is 81.8 Å². The Labute approximate surface area is 252 Å². The molecule has 9 nitrogen and oxygen atoms in total. The molecule has 0 spiro atoms. The number of carbonyl (C=O) groups is 2. The molecule has 0 atom stereocenters. The Kier molecular flexibility index (Phi) is 10.2. The number of hydrogen-bond acceptors (Lipinski definition) is 7. The van der Waals surface area contributed by atoms with Crippen molar-refractivity contribution in [1.29, 1.82) is 10.5 Å². The van der Waals surface area contributed by atoms with E-state index in [1.807, 2.05) is 32.9 Å². The number of nitrogens with zero attached hydrogens (tertiary/aromatic N) is 2. The molecule has 0 saturated heterocycles. The van der Waals surface area contributed by atoms with Crippen molar-refractivity contribution in [3.63, 3.8) is 0 Å². The van der Waals surface area contributed by atoms with Crippen LogP contribution in [0.3, 0.4) is 0 Å². The number of alkyl carbamates (subject to hydrolysis) is 1. The lowest BCUT2D eigenvalue weighted by Crippen LogP contribution is -2.42. The van der Waals surface area contributed by atoms with Crippen molar-refractivity contribution in [2.75, 3.05) is 5.32 Å². The van der Waals surface area contributed by atoms with Crippen LogP contribution in [0.15, 0.2) is 66.7 Å². The van der Waals surface area contributed by atoms with Crippen molar-refractivity contribution in [2.24, 2.45) is 5.92 Å². The molecule has 4 rings (SSSR count). The Morgan fingerprint density at radius 3 is 1.84 bits per heavy atom. The van der Waals surface area contributed by atoms with Crippen molar-refractivity contribution < 1.29 is 23.8 Å². The third-order valence-electron chi connectivity index (χ3n) is 6.89. The van der Waals surface area contributed by atoms with Crippen molar-refractivity contribution >= 4 is 17.7 Å². The summed E-state index contributed by atoms with van der Waals surface area (Å²) in [6.07, 6.45) is 2.19. The SMILES string of the molecule is CC(C)(C)OC(=O)NC1CCC(C(=O)Nc2cc(OCc3cccc(C#N)c3)cc(OCc3cccc(C#N)c3)c2)CC1. The molecule has 2 amide bonds. The fourth-order valence-electron chi connectivity index (χ4n) is 4.82. The molecule has 0 aliphatic heterocycles. The first-order valence-corrected chi connectivity index (χ1v) is 14.3. The lowest BCUT2D eigenvalue weighted by molar-refractivity contribution is -0.120. The quantitative estimate of drug-likeness (QED) is 0.291. The van der Waals surface area contributed by atoms with Gasteiger partial charge in [-0.2, -0.15) is 10.5 Å². The maximum Gasteiger partial charge on any atom is 0.407 e. The second-order valence-corrected chi connectivity index (χ2v) is 11.6. The molecule has 0 unspecified atom stereocenters. The zero-order valence-electron chi connectivity index (χ0n) is 24.7. The van der Waals surface area contributed by atoms with Gasteiger partial charge in [-0.1, -0.05) is 24.3 Å². The highest BCUT2D eigenvalue weighted by Crippen LogP contribution is 2.30. The summed E-state index contributed by atoms with van der Waals surface area (Å²) in [4.78, 5) is 25.4. The first-order chi connectivity index (χ1) is 20.6. The van der Waals surface area contributed by atoms with Crippen molar-refractivity contribution in [3.8, 4) is 23.6 Å². The maximum atomic E-state index is 13.2. The zero-order chi connectivity index (χ0) is 30.8. The van der Waals surface area contributed by atoms with Gasteiger partial charge in [0, 0.05) is 35.8 Å². The van der Waals surface area contributed by atoms with E-state index in [1.165, 1.54) is 0 Å². The molecule has 3 aromatic carbocycles. The second-order valence-electron chi connectivity index (χ2n) is 11.6. The van der Waals surface area contributed by atoms with Gasteiger partial charge in [0.15, 0.2) is 0 Å². The summed E-state index contributed by atoms with van der Waals surface area (Å²) in [5, 5.41) is 24.3. The summed E-state index contributed by atoms with van der Waals surface area (Å²) in [5.74, 6) is 0.674. The lowest BCUT2D eigenvalue weighted by atomic mass is 9.85. The van der Waals surface area contributed by atoms with E-state index in [0.717, 1.165) is 11.1 Å². The predicted molar refractivity (Wildman–Crippen MR) is 161 cm³/mol. The van der Waals surface area contributed by atoms with E-state index in [2.05, 4.69) is 22.8 Å². The molecular weight excluding hydrogens is 544 g/mol. The Morgan fingerprint density at radius 1 is 0.814 bits per heavy atom. The van der Waals surface area contributed by atoms with E-state index in [1.54, 1.807) is 54.6 Å². The third-order valence-corrected chi connectivity index (χ3v) is 6.89. The smallest absolute Gasteiger partial charge is 0.407 e. The fourth-order valence-corrected chi connectivity index (χ4v) is 4.82. The van der Waals surface area contributed by atoms with Crippen LogP contribution in [0.5, 0.6) is 11.5 Å². The van der Waals surface area contributed by atoms with Crippen LogP contribution in [-0.4, -0.2) is 23.6 Å². The van der Waals surface area contributed by atoms with Gasteiger partial charge in [0.25, 0.3) is 0 Å². The number of hydrogen-bond donors (Lipinski definition) is 2. The van der Waals surface area contributed by atoms with Gasteiger partial charge in [0.05, 0.1) is 23.3 Å². The Balaban J connectivity index is 1.42. The minimum Gasteiger partial charge on any atom is -0.489 e. The molecule has 2 N–H and O–H groups in total. The van der Waals surface area contributed by atoms with Crippen molar-refractivity contribution in [1.82, 2.24) is 5.32 Å². The molecule has 0 heterocycles. The molecule has 9 heteroatoms. The summed E-state index contributed by atoms with van der Waals surface area (Å²) in [6, 6.07) is 23.8. The summed E-state index contributed by atoms with van der Waals surface area (Å²) >= 11 is 0. The van der Waals surface area contributed by atoms with Crippen LogP contribution < -0.4 is 20.1 Å². The highest BCUT2D eigenvalue weighted by molar-refractivity contribution is 5.93. The Hall–Kier alpha value is -5.02. The highest BCUT2D eigenvalue weighted by Gasteiger charge is 2.28. The predicted octanol–water partition coefficient (Wildman–Crippen LogP) is 6.61. The molecule has 1 saturated carbocycles. The van der Waals surface area contributed by atoms with Gasteiger partial charge in [-0.3, -0.25) is 4.79 Å². The molecular formula is C34H36N4O5. The fraction of sp³-hybridized carbons (Fsp3) is 0.353. The molecule has 3 aromatic rings. The molecule has 0 aromatic heterocycles.